The van der Waals surface area contributed by atoms with Gasteiger partial charge in [0.25, 0.3) is 5.95 Å². The van der Waals surface area contributed by atoms with Crippen molar-refractivity contribution in [2.24, 2.45) is 0 Å². The van der Waals surface area contributed by atoms with Crippen LogP contribution in [0.1, 0.15) is 45.7 Å². The van der Waals surface area contributed by atoms with Gasteiger partial charge in [-0.1, -0.05) is 42.6 Å². The predicted octanol–water partition coefficient (Wildman–Crippen LogP) is 4.56. The molecule has 9 nitrogen and oxygen atoms in total. The van der Waals surface area contributed by atoms with Crippen molar-refractivity contribution in [2.45, 2.75) is 19.4 Å². The van der Waals surface area contributed by atoms with Gasteiger partial charge in [-0.15, -0.1) is 0 Å². The van der Waals surface area contributed by atoms with Crippen LogP contribution in [0, 0.1) is 11.6 Å². The average molecular weight is 463 g/mol. The Labute approximate surface area is 191 Å². The van der Waals surface area contributed by atoms with Gasteiger partial charge >= 0.3 is 11.8 Å². The van der Waals surface area contributed by atoms with E-state index in [0.717, 1.165) is 11.1 Å². The number of hydrogen-bond donors (Lipinski definition) is 2. The van der Waals surface area contributed by atoms with Crippen molar-refractivity contribution in [3.05, 3.63) is 97.5 Å². The van der Waals surface area contributed by atoms with Crippen molar-refractivity contribution in [1.82, 2.24) is 14.5 Å². The van der Waals surface area contributed by atoms with Crippen LogP contribution in [-0.4, -0.2) is 25.8 Å². The van der Waals surface area contributed by atoms with Crippen LogP contribution in [0.5, 0.6) is 5.95 Å². The molecule has 2 N–H and O–H groups in total. The molecule has 166 valence electrons. The number of benzene rings is 1. The molecule has 10 heteroatoms. The summed E-state index contributed by atoms with van der Waals surface area (Å²) in [6, 6.07) is 10.8. The Morgan fingerprint density at radius 2 is 2.03 bits per heavy atom. The number of carbonyl (C=O) groups is 1. The molecule has 0 spiro atoms. The van der Waals surface area contributed by atoms with Gasteiger partial charge in [0, 0.05) is 24.8 Å². The molecule has 0 aliphatic heterocycles. The lowest BCUT2D eigenvalue weighted by molar-refractivity contribution is 0.132. The van der Waals surface area contributed by atoms with Crippen molar-refractivity contribution in [2.75, 3.05) is 0 Å². The van der Waals surface area contributed by atoms with Gasteiger partial charge in [-0.25, -0.2) is 14.6 Å². The van der Waals surface area contributed by atoms with Crippen molar-refractivity contribution < 1.29 is 23.5 Å². The van der Waals surface area contributed by atoms with E-state index in [1.807, 2.05) is 36.4 Å². The summed E-state index contributed by atoms with van der Waals surface area (Å²) in [5.41, 5.74) is 2.90. The summed E-state index contributed by atoms with van der Waals surface area (Å²) in [5.74, 6) is 0.940. The van der Waals surface area contributed by atoms with E-state index in [4.69, 9.17) is 26.2 Å². The molecule has 0 fully saturated rings. The third-order valence-electron chi connectivity index (χ3n) is 5.28. The smallest absolute Gasteiger partial charge is 0.449 e. The zero-order valence-corrected chi connectivity index (χ0v) is 18.1. The first-order valence-corrected chi connectivity index (χ1v) is 10.4. The van der Waals surface area contributed by atoms with Crippen molar-refractivity contribution >= 4 is 30.5 Å². The lowest BCUT2D eigenvalue weighted by Gasteiger charge is -2.18. The highest BCUT2D eigenvalue weighted by atomic mass is 32.1. The molecule has 1 aromatic carbocycles. The lowest BCUT2D eigenvalue weighted by atomic mass is 9.87. The topological polar surface area (TPSA) is 123 Å². The van der Waals surface area contributed by atoms with Gasteiger partial charge in [0.05, 0.1) is 18.2 Å². The molecule has 0 bridgehead atoms. The third-order valence-corrected chi connectivity index (χ3v) is 5.62. The zero-order valence-electron chi connectivity index (χ0n) is 17.3. The van der Waals surface area contributed by atoms with Gasteiger partial charge < -0.3 is 18.7 Å². The first kappa shape index (κ1) is 20.7. The van der Waals surface area contributed by atoms with Crippen molar-refractivity contribution in [1.29, 1.82) is 0 Å². The second-order valence-corrected chi connectivity index (χ2v) is 7.85. The Balaban J connectivity index is 1.62. The van der Waals surface area contributed by atoms with Gasteiger partial charge in [0.2, 0.25) is 0 Å². The first-order chi connectivity index (χ1) is 15.9. The van der Waals surface area contributed by atoms with Crippen molar-refractivity contribution in [3.8, 4) is 5.95 Å². The van der Waals surface area contributed by atoms with Gasteiger partial charge in [-0.05, 0) is 23.3 Å². The van der Waals surface area contributed by atoms with Gasteiger partial charge in [-0.3, -0.25) is 9.55 Å². The number of nitrogens with one attached hydrogen (secondary N) is 1. The first-order valence-electron chi connectivity index (χ1n) is 9.96. The largest absolute Gasteiger partial charge is 0.513 e. The number of fused-ring (bicyclic) bond motifs is 2. The fourth-order valence-electron chi connectivity index (χ4n) is 3.94. The zero-order chi connectivity index (χ0) is 23.1. The van der Waals surface area contributed by atoms with Crippen LogP contribution < -0.4 is 10.4 Å². The minimum atomic E-state index is -1.49. The molecule has 1 aliphatic rings. The predicted molar refractivity (Wildman–Crippen MR) is 120 cm³/mol. The Morgan fingerprint density at radius 1 is 1.21 bits per heavy atom. The van der Waals surface area contributed by atoms with Crippen molar-refractivity contribution in [3.63, 3.8) is 0 Å². The van der Waals surface area contributed by atoms with E-state index in [9.17, 15) is 9.59 Å². The van der Waals surface area contributed by atoms with E-state index in [-0.39, 0.29) is 18.4 Å². The van der Waals surface area contributed by atoms with E-state index in [0.29, 0.717) is 33.3 Å². The summed E-state index contributed by atoms with van der Waals surface area (Å²) in [7, 11) is 0. The Bertz CT molecular complexity index is 1520. The number of aromatic nitrogens is 3. The minimum Gasteiger partial charge on any atom is -0.449 e. The summed E-state index contributed by atoms with van der Waals surface area (Å²) >= 11 is 5.55. The molecule has 3 heterocycles. The molecular formula is C23H17N3O6S. The van der Waals surface area contributed by atoms with Crippen LogP contribution in [0.4, 0.5) is 4.79 Å². The fourth-order valence-corrected chi connectivity index (χ4v) is 4.20. The van der Waals surface area contributed by atoms with Gasteiger partial charge in [0.15, 0.2) is 11.7 Å². The summed E-state index contributed by atoms with van der Waals surface area (Å²) in [6.07, 6.45) is 4.03. The maximum absolute atomic E-state index is 12.7. The quantitative estimate of drug-likeness (QED) is 0.294. The number of aryl methyl sites for hydroxylation is 1. The van der Waals surface area contributed by atoms with Crippen LogP contribution in [-0.2, 0) is 6.54 Å². The maximum atomic E-state index is 12.7. The number of rotatable bonds is 4. The van der Waals surface area contributed by atoms with E-state index in [1.165, 1.54) is 16.7 Å². The van der Waals surface area contributed by atoms with E-state index < -0.39 is 11.8 Å². The molecule has 5 rings (SSSR count). The monoisotopic (exact) mass is 463 g/mol. The number of furan rings is 1. The molecule has 1 atom stereocenters. The molecule has 1 unspecified atom stereocenters. The summed E-state index contributed by atoms with van der Waals surface area (Å²) in [4.78, 5) is 30.7. The molecule has 0 saturated carbocycles. The van der Waals surface area contributed by atoms with E-state index in [1.54, 1.807) is 13.1 Å². The molecule has 33 heavy (non-hydrogen) atoms. The highest BCUT2D eigenvalue weighted by molar-refractivity contribution is 7.71. The minimum absolute atomic E-state index is 0.0399. The number of H-pyrrole nitrogens is 1. The fraction of sp³-hybridized carbons (Fsp3) is 0.130. The standard InChI is InChI=1S/C23H17N3O6S/c1-12-24-20-17(30-12)8-6-13-4-2-3-5-15(13)19(20)16-11-26(22(27)25-21(16)33)10-14-7-9-18(31-14)32-23(28)29/h2-9,11,19H,10H2,1H3,(H,28,29)(H,25,27,33). The van der Waals surface area contributed by atoms with Gasteiger partial charge in [0.1, 0.15) is 10.4 Å². The molecule has 1 aliphatic carbocycles. The SMILES string of the molecule is Cc1nc2c(o1)C=Cc1ccccc1C2c1cn(Cc2ccc(OC(=O)O)o2)c(=O)[nH]c1=S. The highest BCUT2D eigenvalue weighted by Crippen LogP contribution is 2.39. The summed E-state index contributed by atoms with van der Waals surface area (Å²) < 4.78 is 17.4. The van der Waals surface area contributed by atoms with E-state index >= 15 is 0 Å². The lowest BCUT2D eigenvalue weighted by Crippen LogP contribution is -2.25. The van der Waals surface area contributed by atoms with E-state index in [2.05, 4.69) is 14.7 Å². The number of hydrogen-bond acceptors (Lipinski definition) is 7. The van der Waals surface area contributed by atoms with Crippen LogP contribution in [0.3, 0.4) is 0 Å². The number of carboxylic acid groups (broad SMARTS) is 1. The summed E-state index contributed by atoms with van der Waals surface area (Å²) in [6.45, 7) is 1.82. The Morgan fingerprint density at radius 3 is 2.85 bits per heavy atom. The van der Waals surface area contributed by atoms with Crippen LogP contribution >= 0.6 is 12.2 Å². The van der Waals surface area contributed by atoms with Crippen LogP contribution in [0.2, 0.25) is 0 Å². The molecular weight excluding hydrogens is 446 g/mol. The molecule has 4 aromatic rings. The normalized spacial score (nSPS) is 14.4. The molecule has 0 radical (unpaired) electrons. The third kappa shape index (κ3) is 3.92. The van der Waals surface area contributed by atoms with Crippen LogP contribution in [0.25, 0.3) is 12.2 Å². The number of ether oxygens (including phenoxy) is 1. The Hall–Kier alpha value is -4.18. The van der Waals surface area contributed by atoms with Crippen LogP contribution in [0.15, 0.2) is 56.2 Å². The number of oxazole rings is 1. The number of nitrogens with zero attached hydrogens (tertiary/aromatic N) is 2. The highest BCUT2D eigenvalue weighted by Gasteiger charge is 2.29. The maximum Gasteiger partial charge on any atom is 0.513 e. The second-order valence-electron chi connectivity index (χ2n) is 7.44. The summed E-state index contributed by atoms with van der Waals surface area (Å²) in [5, 5.41) is 8.73. The molecule has 0 saturated heterocycles. The Kier molecular flexibility index (Phi) is 5.06. The molecule has 3 aromatic heterocycles. The molecule has 0 amide bonds. The average Bonchev–Trinajstić information content (AvgIpc) is 3.32. The van der Waals surface area contributed by atoms with Gasteiger partial charge in [-0.2, -0.15) is 0 Å². The second kappa shape index (κ2) is 8.06. The number of aromatic amines is 1.